The van der Waals surface area contributed by atoms with Crippen molar-refractivity contribution in [3.05, 3.63) is 70.2 Å². The molecule has 2 aromatic rings. The number of hydrogen-bond acceptors (Lipinski definition) is 0. The van der Waals surface area contributed by atoms with E-state index in [2.05, 4.69) is 53.2 Å². The molecule has 0 amide bonds. The molecule has 0 aliphatic carbocycles. The Bertz CT molecular complexity index is 494. The highest BCUT2D eigenvalue weighted by molar-refractivity contribution is 9.09. The van der Waals surface area contributed by atoms with Crippen LogP contribution in [-0.2, 0) is 6.42 Å². The highest BCUT2D eigenvalue weighted by atomic mass is 79.9. The first-order valence-electron chi connectivity index (χ1n) is 5.61. The van der Waals surface area contributed by atoms with E-state index in [4.69, 9.17) is 11.6 Å². The summed E-state index contributed by atoms with van der Waals surface area (Å²) < 4.78 is 0. The molecule has 0 N–H and O–H groups in total. The Kier molecular flexibility index (Phi) is 4.25. The molecule has 2 aromatic carbocycles. The second-order valence-corrected chi connectivity index (χ2v) is 5.70. The minimum atomic E-state index is 0.335. The van der Waals surface area contributed by atoms with Gasteiger partial charge in [0, 0.05) is 9.85 Å². The van der Waals surface area contributed by atoms with Crippen LogP contribution in [0.4, 0.5) is 0 Å². The molecule has 2 heteroatoms. The van der Waals surface area contributed by atoms with E-state index >= 15 is 0 Å². The van der Waals surface area contributed by atoms with Crippen LogP contribution in [0.15, 0.2) is 48.5 Å². The van der Waals surface area contributed by atoms with Crippen LogP contribution in [0.3, 0.4) is 0 Å². The van der Waals surface area contributed by atoms with E-state index in [0.29, 0.717) is 4.83 Å². The first kappa shape index (κ1) is 12.7. The van der Waals surface area contributed by atoms with Crippen molar-refractivity contribution >= 4 is 27.5 Å². The highest BCUT2D eigenvalue weighted by Crippen LogP contribution is 2.30. The molecule has 17 heavy (non-hydrogen) atoms. The third-order valence-corrected chi connectivity index (χ3v) is 3.88. The summed E-state index contributed by atoms with van der Waals surface area (Å²) in [4.78, 5) is 0.335. The quantitative estimate of drug-likeness (QED) is 0.672. The lowest BCUT2D eigenvalue weighted by Crippen LogP contribution is -1.97. The fraction of sp³-hybridized carbons (Fsp3) is 0.200. The van der Waals surface area contributed by atoms with Crippen LogP contribution in [0.2, 0.25) is 5.02 Å². The minimum Gasteiger partial charge on any atom is -0.0843 e. The molecule has 0 heterocycles. The average Bonchev–Trinajstić information content (AvgIpc) is 2.30. The van der Waals surface area contributed by atoms with Crippen molar-refractivity contribution in [2.24, 2.45) is 0 Å². The van der Waals surface area contributed by atoms with Crippen LogP contribution in [-0.4, -0.2) is 0 Å². The smallest absolute Gasteiger partial charge is 0.0438 e. The van der Waals surface area contributed by atoms with Gasteiger partial charge in [-0.25, -0.2) is 0 Å². The Hall–Kier alpha value is -0.790. The molecule has 0 radical (unpaired) electrons. The van der Waals surface area contributed by atoms with Gasteiger partial charge in [0.1, 0.15) is 0 Å². The summed E-state index contributed by atoms with van der Waals surface area (Å²) in [6.07, 6.45) is 0.989. The fourth-order valence-corrected chi connectivity index (χ4v) is 3.04. The number of alkyl halides is 1. The van der Waals surface area contributed by atoms with E-state index in [1.54, 1.807) is 0 Å². The van der Waals surface area contributed by atoms with Crippen molar-refractivity contribution in [3.8, 4) is 0 Å². The summed E-state index contributed by atoms with van der Waals surface area (Å²) in [6, 6.07) is 16.5. The largest absolute Gasteiger partial charge is 0.0843 e. The van der Waals surface area contributed by atoms with Gasteiger partial charge in [0.05, 0.1) is 0 Å². The van der Waals surface area contributed by atoms with Crippen LogP contribution >= 0.6 is 27.5 Å². The van der Waals surface area contributed by atoms with Crippen LogP contribution < -0.4 is 0 Å². The van der Waals surface area contributed by atoms with Crippen molar-refractivity contribution in [3.63, 3.8) is 0 Å². The summed E-state index contributed by atoms with van der Waals surface area (Å²) in [5.74, 6) is 0. The highest BCUT2D eigenvalue weighted by Gasteiger charge is 2.11. The molecule has 0 nitrogen and oxygen atoms in total. The van der Waals surface area contributed by atoms with E-state index < -0.39 is 0 Å². The lowest BCUT2D eigenvalue weighted by molar-refractivity contribution is 0.938. The molecule has 0 saturated carbocycles. The van der Waals surface area contributed by atoms with Crippen molar-refractivity contribution in [2.45, 2.75) is 18.2 Å². The number of halogens is 2. The zero-order valence-corrected chi connectivity index (χ0v) is 12.0. The zero-order valence-electron chi connectivity index (χ0n) is 9.66. The van der Waals surface area contributed by atoms with Gasteiger partial charge in [-0.2, -0.15) is 0 Å². The maximum absolute atomic E-state index is 5.97. The van der Waals surface area contributed by atoms with Gasteiger partial charge in [0.15, 0.2) is 0 Å². The van der Waals surface area contributed by atoms with Crippen molar-refractivity contribution in [1.82, 2.24) is 0 Å². The van der Waals surface area contributed by atoms with Crippen molar-refractivity contribution in [2.75, 3.05) is 0 Å². The van der Waals surface area contributed by atoms with E-state index in [1.807, 2.05) is 18.2 Å². The molecule has 0 spiro atoms. The van der Waals surface area contributed by atoms with E-state index in [9.17, 15) is 0 Å². The molecule has 0 aliphatic heterocycles. The maximum Gasteiger partial charge on any atom is 0.0438 e. The molecule has 1 unspecified atom stereocenters. The van der Waals surface area contributed by atoms with E-state index in [0.717, 1.165) is 11.4 Å². The third-order valence-electron chi connectivity index (χ3n) is 2.83. The molecule has 1 atom stereocenters. The number of rotatable bonds is 3. The third kappa shape index (κ3) is 3.34. The molecule has 0 fully saturated rings. The molecule has 2 rings (SSSR count). The average molecular weight is 310 g/mol. The van der Waals surface area contributed by atoms with Crippen molar-refractivity contribution in [1.29, 1.82) is 0 Å². The zero-order chi connectivity index (χ0) is 12.3. The number of hydrogen-bond donors (Lipinski definition) is 0. The maximum atomic E-state index is 5.97. The summed E-state index contributed by atoms with van der Waals surface area (Å²) in [5.41, 5.74) is 3.87. The first-order chi connectivity index (χ1) is 8.16. The Labute approximate surface area is 116 Å². The lowest BCUT2D eigenvalue weighted by Gasteiger charge is -2.13. The van der Waals surface area contributed by atoms with Crippen LogP contribution in [0.5, 0.6) is 0 Å². The number of aryl methyl sites for hydroxylation is 1. The van der Waals surface area contributed by atoms with E-state index in [1.165, 1.54) is 16.7 Å². The lowest BCUT2D eigenvalue weighted by atomic mass is 10.0. The van der Waals surface area contributed by atoms with Gasteiger partial charge in [-0.05, 0) is 42.2 Å². The van der Waals surface area contributed by atoms with Gasteiger partial charge in [0.2, 0.25) is 0 Å². The summed E-state index contributed by atoms with van der Waals surface area (Å²) in [7, 11) is 0. The van der Waals surface area contributed by atoms with Crippen LogP contribution in [0.25, 0.3) is 0 Å². The van der Waals surface area contributed by atoms with Crippen LogP contribution in [0, 0.1) is 6.92 Å². The molecule has 0 saturated heterocycles. The van der Waals surface area contributed by atoms with Gasteiger partial charge in [0.25, 0.3) is 0 Å². The molecule has 88 valence electrons. The topological polar surface area (TPSA) is 0 Å². The van der Waals surface area contributed by atoms with Gasteiger partial charge in [-0.1, -0.05) is 63.9 Å². The second kappa shape index (κ2) is 5.70. The molecule has 0 aromatic heterocycles. The summed E-state index contributed by atoms with van der Waals surface area (Å²) in [6.45, 7) is 2.10. The molecular weight excluding hydrogens is 296 g/mol. The van der Waals surface area contributed by atoms with Crippen molar-refractivity contribution < 1.29 is 0 Å². The summed E-state index contributed by atoms with van der Waals surface area (Å²) in [5, 5.41) is 0.797. The predicted molar refractivity (Wildman–Crippen MR) is 78.0 cm³/mol. The fourth-order valence-electron chi connectivity index (χ4n) is 1.92. The molecule has 0 bridgehead atoms. The predicted octanol–water partition coefficient (Wildman–Crippen LogP) is 5.33. The monoisotopic (exact) mass is 308 g/mol. The normalized spacial score (nSPS) is 12.4. The van der Waals surface area contributed by atoms with Gasteiger partial charge < -0.3 is 0 Å². The Morgan fingerprint density at radius 2 is 1.82 bits per heavy atom. The minimum absolute atomic E-state index is 0.335. The standard InChI is InChI=1S/C15H14BrCl/c1-11-9-13(17)7-8-14(11)15(16)10-12-5-3-2-4-6-12/h2-9,15H,10H2,1H3. The van der Waals surface area contributed by atoms with Gasteiger partial charge in [-0.15, -0.1) is 0 Å². The Balaban J connectivity index is 2.17. The summed E-state index contributed by atoms with van der Waals surface area (Å²) >= 11 is 9.72. The number of benzene rings is 2. The van der Waals surface area contributed by atoms with Crippen LogP contribution in [0.1, 0.15) is 21.5 Å². The van der Waals surface area contributed by atoms with E-state index in [-0.39, 0.29) is 0 Å². The molecule has 0 aliphatic rings. The molecular formula is C15H14BrCl. The SMILES string of the molecule is Cc1cc(Cl)ccc1C(Br)Cc1ccccc1. The Morgan fingerprint density at radius 3 is 2.47 bits per heavy atom. The second-order valence-electron chi connectivity index (χ2n) is 4.16. The van der Waals surface area contributed by atoms with Gasteiger partial charge in [-0.3, -0.25) is 0 Å². The van der Waals surface area contributed by atoms with Gasteiger partial charge >= 0.3 is 0 Å². The first-order valence-corrected chi connectivity index (χ1v) is 6.90. The Morgan fingerprint density at radius 1 is 1.12 bits per heavy atom.